The van der Waals surface area contributed by atoms with E-state index in [1.807, 2.05) is 12.1 Å². The zero-order valence-electron chi connectivity index (χ0n) is 12.6. The Morgan fingerprint density at radius 1 is 1.21 bits per heavy atom. The predicted molar refractivity (Wildman–Crippen MR) is 86.7 cm³/mol. The summed E-state index contributed by atoms with van der Waals surface area (Å²) >= 11 is 1.11. The summed E-state index contributed by atoms with van der Waals surface area (Å²) in [4.78, 5) is 38.5. The van der Waals surface area contributed by atoms with E-state index in [0.29, 0.717) is 5.16 Å². The average Bonchev–Trinajstić information content (AvgIpc) is 2.96. The fourth-order valence-electron chi connectivity index (χ4n) is 1.92. The molecule has 10 nitrogen and oxygen atoms in total. The van der Waals surface area contributed by atoms with Crippen molar-refractivity contribution in [2.75, 3.05) is 24.6 Å². The van der Waals surface area contributed by atoms with E-state index >= 15 is 0 Å². The van der Waals surface area contributed by atoms with Crippen molar-refractivity contribution in [2.24, 2.45) is 0 Å². The van der Waals surface area contributed by atoms with Gasteiger partial charge in [-0.2, -0.15) is 15.5 Å². The summed E-state index contributed by atoms with van der Waals surface area (Å²) in [6, 6.07) is 3.94. The summed E-state index contributed by atoms with van der Waals surface area (Å²) in [5.41, 5.74) is 5.37. The van der Waals surface area contributed by atoms with E-state index in [9.17, 15) is 9.59 Å². The molecular weight excluding hydrogens is 332 g/mol. The standard InChI is InChI=1S/C13H14N8O2S/c14-3-1-5-21(6-2-4-15)8(22)7-24-13-17-9-10(19-13)18-12(16)20-11(9)23/h1-2,5-7H2,(H4,16,17,18,19,20,23). The molecule has 0 fully saturated rings. The van der Waals surface area contributed by atoms with E-state index in [0.717, 1.165) is 11.8 Å². The second-order valence-electron chi connectivity index (χ2n) is 4.68. The molecule has 0 saturated heterocycles. The number of nitriles is 2. The third-order valence-corrected chi connectivity index (χ3v) is 3.89. The van der Waals surface area contributed by atoms with Gasteiger partial charge in [-0.1, -0.05) is 11.8 Å². The lowest BCUT2D eigenvalue weighted by Gasteiger charge is -2.19. The molecule has 0 aromatic carbocycles. The molecule has 11 heteroatoms. The Morgan fingerprint density at radius 2 is 1.88 bits per heavy atom. The third kappa shape index (κ3) is 4.24. The lowest BCUT2D eigenvalue weighted by molar-refractivity contribution is -0.128. The van der Waals surface area contributed by atoms with Crippen LogP contribution in [0.25, 0.3) is 11.2 Å². The van der Waals surface area contributed by atoms with E-state index in [4.69, 9.17) is 16.3 Å². The van der Waals surface area contributed by atoms with E-state index in [2.05, 4.69) is 19.9 Å². The van der Waals surface area contributed by atoms with Gasteiger partial charge in [0, 0.05) is 13.1 Å². The number of H-pyrrole nitrogens is 2. The molecule has 0 unspecified atom stereocenters. The summed E-state index contributed by atoms with van der Waals surface area (Å²) in [5.74, 6) is -0.192. The first-order valence-corrected chi connectivity index (χ1v) is 7.93. The average molecular weight is 346 g/mol. The Balaban J connectivity index is 2.04. The lowest BCUT2D eigenvalue weighted by atomic mass is 10.3. The van der Waals surface area contributed by atoms with Crippen LogP contribution in [0.3, 0.4) is 0 Å². The zero-order valence-corrected chi connectivity index (χ0v) is 13.4. The molecule has 0 radical (unpaired) electrons. The number of imidazole rings is 1. The Kier molecular flexibility index (Phi) is 5.76. The van der Waals surface area contributed by atoms with Gasteiger partial charge in [-0.05, 0) is 0 Å². The number of anilines is 1. The fourth-order valence-corrected chi connectivity index (χ4v) is 2.69. The van der Waals surface area contributed by atoms with Crippen molar-refractivity contribution in [3.8, 4) is 12.1 Å². The number of nitrogens with zero attached hydrogens (tertiary/aromatic N) is 5. The molecule has 2 aromatic heterocycles. The van der Waals surface area contributed by atoms with Gasteiger partial charge in [0.05, 0.1) is 30.7 Å². The van der Waals surface area contributed by atoms with Crippen LogP contribution in [0.15, 0.2) is 9.95 Å². The minimum absolute atomic E-state index is 0.0363. The first-order valence-electron chi connectivity index (χ1n) is 6.95. The van der Waals surface area contributed by atoms with E-state index in [1.165, 1.54) is 4.90 Å². The molecule has 24 heavy (non-hydrogen) atoms. The molecule has 0 aliphatic rings. The maximum atomic E-state index is 12.2. The minimum atomic E-state index is -0.437. The van der Waals surface area contributed by atoms with Gasteiger partial charge in [0.1, 0.15) is 0 Å². The highest BCUT2D eigenvalue weighted by atomic mass is 32.2. The van der Waals surface area contributed by atoms with Crippen LogP contribution in [0.2, 0.25) is 0 Å². The molecule has 124 valence electrons. The first-order chi connectivity index (χ1) is 11.5. The second-order valence-corrected chi connectivity index (χ2v) is 5.64. The van der Waals surface area contributed by atoms with Gasteiger partial charge in [0.25, 0.3) is 5.56 Å². The normalized spacial score (nSPS) is 10.2. The van der Waals surface area contributed by atoms with E-state index < -0.39 is 5.56 Å². The van der Waals surface area contributed by atoms with Crippen molar-refractivity contribution < 1.29 is 4.79 Å². The highest BCUT2D eigenvalue weighted by Crippen LogP contribution is 2.17. The number of aromatic nitrogens is 4. The van der Waals surface area contributed by atoms with Gasteiger partial charge in [0.2, 0.25) is 11.9 Å². The lowest BCUT2D eigenvalue weighted by Crippen LogP contribution is -2.34. The van der Waals surface area contributed by atoms with Crippen LogP contribution in [-0.2, 0) is 4.79 Å². The quantitative estimate of drug-likeness (QED) is 0.587. The fraction of sp³-hybridized carbons (Fsp3) is 0.385. The van der Waals surface area contributed by atoms with E-state index in [1.54, 1.807) is 0 Å². The summed E-state index contributed by atoms with van der Waals surface area (Å²) in [7, 11) is 0. The van der Waals surface area contributed by atoms with Crippen molar-refractivity contribution in [2.45, 2.75) is 18.0 Å². The largest absolute Gasteiger partial charge is 0.369 e. The molecule has 0 aliphatic carbocycles. The topological polar surface area (TPSA) is 168 Å². The molecule has 0 aliphatic heterocycles. The number of nitrogens with two attached hydrogens (primary N) is 1. The number of carbonyl (C=O) groups is 1. The summed E-state index contributed by atoms with van der Waals surface area (Å²) < 4.78 is 0. The molecule has 2 heterocycles. The third-order valence-electron chi connectivity index (χ3n) is 3.03. The number of aromatic amines is 2. The van der Waals surface area contributed by atoms with E-state index in [-0.39, 0.29) is 54.7 Å². The van der Waals surface area contributed by atoms with Crippen LogP contribution in [-0.4, -0.2) is 49.6 Å². The smallest absolute Gasteiger partial charge is 0.278 e. The minimum Gasteiger partial charge on any atom is -0.369 e. The highest BCUT2D eigenvalue weighted by Gasteiger charge is 2.15. The number of amides is 1. The maximum Gasteiger partial charge on any atom is 0.278 e. The molecular formula is C13H14N8O2S. The van der Waals surface area contributed by atoms with Crippen molar-refractivity contribution >= 4 is 34.8 Å². The molecule has 2 aromatic rings. The number of hydrogen-bond donors (Lipinski definition) is 3. The van der Waals surface area contributed by atoms with Crippen molar-refractivity contribution in [1.82, 2.24) is 24.8 Å². The summed E-state index contributed by atoms with van der Waals surface area (Å²) in [6.45, 7) is 0.547. The molecule has 0 saturated carbocycles. The van der Waals surface area contributed by atoms with Gasteiger partial charge in [0.15, 0.2) is 16.3 Å². The van der Waals surface area contributed by atoms with Crippen LogP contribution in [0.4, 0.5) is 5.95 Å². The number of carbonyl (C=O) groups excluding carboxylic acids is 1. The Labute approximate surface area is 140 Å². The Bertz CT molecular complexity index is 857. The number of fused-ring (bicyclic) bond motifs is 1. The molecule has 4 N–H and O–H groups in total. The zero-order chi connectivity index (χ0) is 17.5. The monoisotopic (exact) mass is 346 g/mol. The number of nitrogens with one attached hydrogen (secondary N) is 2. The van der Waals surface area contributed by atoms with Crippen molar-refractivity contribution in [1.29, 1.82) is 10.5 Å². The highest BCUT2D eigenvalue weighted by molar-refractivity contribution is 7.99. The number of thioether (sulfide) groups is 1. The predicted octanol–water partition coefficient (Wildman–Crippen LogP) is -0.0235. The van der Waals surface area contributed by atoms with Crippen LogP contribution in [0, 0.1) is 22.7 Å². The number of nitrogen functional groups attached to an aromatic ring is 1. The van der Waals surface area contributed by atoms with Gasteiger partial charge in [-0.3, -0.25) is 14.6 Å². The van der Waals surface area contributed by atoms with Gasteiger partial charge in [-0.25, -0.2) is 4.98 Å². The SMILES string of the molecule is N#CCCN(CCC#N)C(=O)CSc1nc2nc(N)[nH]c(=O)c2[nH]1. The van der Waals surface area contributed by atoms with Crippen LogP contribution < -0.4 is 11.3 Å². The summed E-state index contributed by atoms with van der Waals surface area (Å²) in [6.07, 6.45) is 0.399. The maximum absolute atomic E-state index is 12.2. The molecule has 1 amide bonds. The van der Waals surface area contributed by atoms with Gasteiger partial charge >= 0.3 is 0 Å². The number of hydrogen-bond acceptors (Lipinski definition) is 8. The van der Waals surface area contributed by atoms with Crippen LogP contribution >= 0.6 is 11.8 Å². The first kappa shape index (κ1) is 17.3. The number of rotatable bonds is 7. The molecule has 0 spiro atoms. The van der Waals surface area contributed by atoms with Crippen LogP contribution in [0.1, 0.15) is 12.8 Å². The molecule has 0 atom stereocenters. The molecule has 0 bridgehead atoms. The van der Waals surface area contributed by atoms with Crippen molar-refractivity contribution in [3.05, 3.63) is 10.4 Å². The molecule has 2 rings (SSSR count). The Hall–Kier alpha value is -3.05. The Morgan fingerprint density at radius 3 is 2.50 bits per heavy atom. The summed E-state index contributed by atoms with van der Waals surface area (Å²) in [5, 5.41) is 17.6. The van der Waals surface area contributed by atoms with Crippen molar-refractivity contribution in [3.63, 3.8) is 0 Å². The van der Waals surface area contributed by atoms with Gasteiger partial charge in [-0.15, -0.1) is 0 Å². The van der Waals surface area contributed by atoms with Crippen LogP contribution in [0.5, 0.6) is 0 Å². The second kappa shape index (κ2) is 7.99. The van der Waals surface area contributed by atoms with Gasteiger partial charge < -0.3 is 15.6 Å².